The largest absolute Gasteiger partial charge is 0.455 e. The minimum absolute atomic E-state index is 0.0654. The lowest BCUT2D eigenvalue weighted by Crippen LogP contribution is -2.24. The molecule has 1 heterocycles. The van der Waals surface area contributed by atoms with Gasteiger partial charge in [0.05, 0.1) is 6.42 Å². The molecular formula is C20H18Cl2N2O4. The van der Waals surface area contributed by atoms with Gasteiger partial charge in [0, 0.05) is 39.9 Å². The number of nitrogens with zero attached hydrogens (tertiary/aromatic N) is 1. The van der Waals surface area contributed by atoms with Crippen molar-refractivity contribution in [1.82, 2.24) is 0 Å². The first-order valence-corrected chi connectivity index (χ1v) is 9.48. The van der Waals surface area contributed by atoms with Crippen LogP contribution in [0.5, 0.6) is 0 Å². The number of anilines is 2. The van der Waals surface area contributed by atoms with Crippen molar-refractivity contribution in [1.29, 1.82) is 0 Å². The SMILES string of the molecule is O=C(COC(=O)Cc1c(Cl)cccc1Cl)Nc1cccc(N2CCCC2=O)c1. The molecule has 1 aliphatic heterocycles. The van der Waals surface area contributed by atoms with Gasteiger partial charge < -0.3 is 15.0 Å². The molecule has 0 unspecified atom stereocenters. The summed E-state index contributed by atoms with van der Waals surface area (Å²) in [5, 5.41) is 3.38. The van der Waals surface area contributed by atoms with Crippen molar-refractivity contribution >= 4 is 52.4 Å². The summed E-state index contributed by atoms with van der Waals surface area (Å²) >= 11 is 12.0. The van der Waals surface area contributed by atoms with E-state index in [-0.39, 0.29) is 12.3 Å². The molecule has 0 spiro atoms. The summed E-state index contributed by atoms with van der Waals surface area (Å²) in [6.45, 7) is 0.228. The molecule has 0 aliphatic carbocycles. The average molecular weight is 421 g/mol. The number of carbonyl (C=O) groups is 3. The lowest BCUT2D eigenvalue weighted by molar-refractivity contribution is -0.146. The minimum atomic E-state index is -0.610. The molecule has 0 bridgehead atoms. The van der Waals surface area contributed by atoms with Gasteiger partial charge in [-0.2, -0.15) is 0 Å². The second kappa shape index (κ2) is 9.08. The summed E-state index contributed by atoms with van der Waals surface area (Å²) in [5.41, 5.74) is 1.71. The molecule has 2 aromatic rings. The summed E-state index contributed by atoms with van der Waals surface area (Å²) in [6.07, 6.45) is 1.22. The number of carbonyl (C=O) groups excluding carboxylic acids is 3. The van der Waals surface area contributed by atoms with Crippen LogP contribution in [0.2, 0.25) is 10.0 Å². The molecule has 146 valence electrons. The van der Waals surface area contributed by atoms with Gasteiger partial charge in [0.1, 0.15) is 0 Å². The number of ether oxygens (including phenoxy) is 1. The topological polar surface area (TPSA) is 75.7 Å². The third kappa shape index (κ3) is 5.03. The Hall–Kier alpha value is -2.57. The van der Waals surface area contributed by atoms with Gasteiger partial charge in [-0.05, 0) is 36.8 Å². The lowest BCUT2D eigenvalue weighted by atomic mass is 10.1. The maximum Gasteiger partial charge on any atom is 0.310 e. The van der Waals surface area contributed by atoms with Gasteiger partial charge in [-0.1, -0.05) is 35.3 Å². The molecule has 1 N–H and O–H groups in total. The molecule has 2 aromatic carbocycles. The van der Waals surface area contributed by atoms with E-state index in [1.54, 1.807) is 41.3 Å². The van der Waals surface area contributed by atoms with E-state index in [1.807, 2.05) is 6.07 Å². The van der Waals surface area contributed by atoms with E-state index in [9.17, 15) is 14.4 Å². The van der Waals surface area contributed by atoms with Crippen molar-refractivity contribution in [2.24, 2.45) is 0 Å². The Morgan fingerprint density at radius 2 is 1.82 bits per heavy atom. The summed E-state index contributed by atoms with van der Waals surface area (Å²) in [4.78, 5) is 37.6. The van der Waals surface area contributed by atoms with E-state index in [1.165, 1.54) is 0 Å². The van der Waals surface area contributed by atoms with Crippen LogP contribution in [0.25, 0.3) is 0 Å². The third-order valence-corrected chi connectivity index (χ3v) is 4.97. The van der Waals surface area contributed by atoms with Crippen LogP contribution in [0.4, 0.5) is 11.4 Å². The van der Waals surface area contributed by atoms with E-state index in [4.69, 9.17) is 27.9 Å². The maximum atomic E-state index is 12.1. The fourth-order valence-corrected chi connectivity index (χ4v) is 3.44. The quantitative estimate of drug-likeness (QED) is 0.720. The molecule has 0 aromatic heterocycles. The van der Waals surface area contributed by atoms with Crippen molar-refractivity contribution in [3.8, 4) is 0 Å². The Kier molecular flexibility index (Phi) is 6.54. The van der Waals surface area contributed by atoms with Gasteiger partial charge in [-0.3, -0.25) is 14.4 Å². The highest BCUT2D eigenvalue weighted by Gasteiger charge is 2.22. The predicted molar refractivity (Wildman–Crippen MR) is 108 cm³/mol. The van der Waals surface area contributed by atoms with Gasteiger partial charge in [0.15, 0.2) is 6.61 Å². The van der Waals surface area contributed by atoms with Crippen LogP contribution < -0.4 is 10.2 Å². The normalized spacial score (nSPS) is 13.5. The van der Waals surface area contributed by atoms with Gasteiger partial charge in [0.2, 0.25) is 5.91 Å². The van der Waals surface area contributed by atoms with E-state index >= 15 is 0 Å². The van der Waals surface area contributed by atoms with Crippen LogP contribution >= 0.6 is 23.2 Å². The molecule has 0 saturated carbocycles. The van der Waals surface area contributed by atoms with Gasteiger partial charge in [0.25, 0.3) is 5.91 Å². The average Bonchev–Trinajstić information content (AvgIpc) is 3.09. The fourth-order valence-electron chi connectivity index (χ4n) is 2.91. The number of amides is 2. The second-order valence-corrected chi connectivity index (χ2v) is 7.10. The molecule has 0 radical (unpaired) electrons. The zero-order valence-corrected chi connectivity index (χ0v) is 16.4. The molecule has 1 fully saturated rings. The first-order chi connectivity index (χ1) is 13.4. The lowest BCUT2D eigenvalue weighted by Gasteiger charge is -2.16. The monoisotopic (exact) mass is 420 g/mol. The Bertz CT molecular complexity index is 897. The molecule has 8 heteroatoms. The molecule has 3 rings (SSSR count). The van der Waals surface area contributed by atoms with Crippen molar-refractivity contribution in [2.45, 2.75) is 19.3 Å². The summed E-state index contributed by atoms with van der Waals surface area (Å²) in [6, 6.07) is 11.9. The number of nitrogens with one attached hydrogen (secondary N) is 1. The molecule has 1 saturated heterocycles. The summed E-state index contributed by atoms with van der Waals surface area (Å²) in [7, 11) is 0. The van der Waals surface area contributed by atoms with Crippen LogP contribution in [0, 0.1) is 0 Å². The van der Waals surface area contributed by atoms with E-state index in [0.29, 0.717) is 34.3 Å². The molecule has 0 atom stereocenters. The zero-order chi connectivity index (χ0) is 20.1. The molecular weight excluding hydrogens is 403 g/mol. The fraction of sp³-hybridized carbons (Fsp3) is 0.250. The van der Waals surface area contributed by atoms with Crippen molar-refractivity contribution in [3.63, 3.8) is 0 Å². The number of hydrogen-bond acceptors (Lipinski definition) is 4. The van der Waals surface area contributed by atoms with Crippen molar-refractivity contribution in [3.05, 3.63) is 58.1 Å². The van der Waals surface area contributed by atoms with E-state index in [2.05, 4.69) is 5.32 Å². The molecule has 6 nitrogen and oxygen atoms in total. The minimum Gasteiger partial charge on any atom is -0.455 e. The first-order valence-electron chi connectivity index (χ1n) is 8.73. The maximum absolute atomic E-state index is 12.1. The highest BCUT2D eigenvalue weighted by atomic mass is 35.5. The van der Waals surface area contributed by atoms with Crippen LogP contribution in [0.15, 0.2) is 42.5 Å². The Morgan fingerprint density at radius 3 is 2.50 bits per heavy atom. The van der Waals surface area contributed by atoms with Gasteiger partial charge in [-0.25, -0.2) is 0 Å². The summed E-state index contributed by atoms with van der Waals surface area (Å²) < 4.78 is 5.00. The highest BCUT2D eigenvalue weighted by Crippen LogP contribution is 2.25. The molecule has 28 heavy (non-hydrogen) atoms. The van der Waals surface area contributed by atoms with E-state index < -0.39 is 18.5 Å². The zero-order valence-electron chi connectivity index (χ0n) is 14.9. The number of esters is 1. The van der Waals surface area contributed by atoms with Crippen LogP contribution in [-0.2, 0) is 25.5 Å². The molecule has 2 amide bonds. The van der Waals surface area contributed by atoms with Crippen LogP contribution in [0.1, 0.15) is 18.4 Å². The third-order valence-electron chi connectivity index (χ3n) is 4.26. The van der Waals surface area contributed by atoms with Gasteiger partial charge in [-0.15, -0.1) is 0 Å². The Morgan fingerprint density at radius 1 is 1.11 bits per heavy atom. The smallest absolute Gasteiger partial charge is 0.310 e. The number of rotatable bonds is 6. The summed E-state index contributed by atoms with van der Waals surface area (Å²) in [5.74, 6) is -1.03. The van der Waals surface area contributed by atoms with Gasteiger partial charge >= 0.3 is 5.97 Å². The van der Waals surface area contributed by atoms with E-state index in [0.717, 1.165) is 12.1 Å². The number of hydrogen-bond donors (Lipinski definition) is 1. The Balaban J connectivity index is 1.53. The van der Waals surface area contributed by atoms with Crippen molar-refractivity contribution in [2.75, 3.05) is 23.4 Å². The number of benzene rings is 2. The highest BCUT2D eigenvalue weighted by molar-refractivity contribution is 6.36. The number of halogens is 2. The van der Waals surface area contributed by atoms with Crippen LogP contribution in [0.3, 0.4) is 0 Å². The van der Waals surface area contributed by atoms with Crippen molar-refractivity contribution < 1.29 is 19.1 Å². The first kappa shape index (κ1) is 20.2. The standard InChI is InChI=1S/C20H18Cl2N2O4/c21-16-6-2-7-17(22)15(16)11-20(27)28-12-18(25)23-13-4-1-5-14(10-13)24-9-3-8-19(24)26/h1-2,4-7,10H,3,8-9,11-12H2,(H,23,25). The van der Waals surface area contributed by atoms with Crippen LogP contribution in [-0.4, -0.2) is 30.9 Å². The Labute approximate surface area is 172 Å². The second-order valence-electron chi connectivity index (χ2n) is 6.29. The predicted octanol–water partition coefficient (Wildman–Crippen LogP) is 3.84. The molecule has 1 aliphatic rings.